The predicted octanol–water partition coefficient (Wildman–Crippen LogP) is 2.62. The van der Waals surface area contributed by atoms with E-state index < -0.39 is 15.8 Å². The van der Waals surface area contributed by atoms with Gasteiger partial charge < -0.3 is 5.73 Å². The first kappa shape index (κ1) is 16.7. The van der Waals surface area contributed by atoms with Crippen molar-refractivity contribution in [2.75, 3.05) is 13.6 Å². The summed E-state index contributed by atoms with van der Waals surface area (Å²) in [6.07, 6.45) is 3.72. The normalized spacial score (nSPS) is 23.5. The second-order valence-electron chi connectivity index (χ2n) is 5.44. The van der Waals surface area contributed by atoms with Crippen molar-refractivity contribution < 1.29 is 12.8 Å². The van der Waals surface area contributed by atoms with Gasteiger partial charge in [0.2, 0.25) is 10.0 Å². The summed E-state index contributed by atoms with van der Waals surface area (Å²) in [6.45, 7) is 0.446. The van der Waals surface area contributed by atoms with Crippen LogP contribution in [0.4, 0.5) is 4.39 Å². The Morgan fingerprint density at radius 1 is 1.38 bits per heavy atom. The van der Waals surface area contributed by atoms with Crippen LogP contribution in [0, 0.1) is 11.7 Å². The molecule has 1 fully saturated rings. The van der Waals surface area contributed by atoms with E-state index in [0.29, 0.717) is 6.54 Å². The molecule has 0 saturated heterocycles. The highest BCUT2D eigenvalue weighted by Gasteiger charge is 2.35. The summed E-state index contributed by atoms with van der Waals surface area (Å²) in [5.41, 5.74) is 5.76. The number of benzene rings is 1. The molecule has 1 aromatic rings. The molecular weight excluding hydrogens is 315 g/mol. The van der Waals surface area contributed by atoms with E-state index in [0.717, 1.165) is 37.8 Å². The third-order valence-corrected chi connectivity index (χ3v) is 6.55. The van der Waals surface area contributed by atoms with E-state index in [2.05, 4.69) is 0 Å². The van der Waals surface area contributed by atoms with Crippen molar-refractivity contribution in [3.63, 3.8) is 0 Å². The van der Waals surface area contributed by atoms with Crippen LogP contribution in [-0.2, 0) is 10.0 Å². The second-order valence-corrected chi connectivity index (χ2v) is 7.82. The van der Waals surface area contributed by atoms with Crippen LogP contribution in [0.25, 0.3) is 0 Å². The molecule has 118 valence electrons. The molecule has 1 aliphatic carbocycles. The van der Waals surface area contributed by atoms with Gasteiger partial charge in [-0.1, -0.05) is 24.4 Å². The van der Waals surface area contributed by atoms with Gasteiger partial charge in [0.05, 0.1) is 5.02 Å². The van der Waals surface area contributed by atoms with Crippen molar-refractivity contribution in [2.24, 2.45) is 11.7 Å². The van der Waals surface area contributed by atoms with E-state index in [4.69, 9.17) is 17.3 Å². The van der Waals surface area contributed by atoms with Crippen LogP contribution in [-0.4, -0.2) is 32.4 Å². The molecule has 2 atom stereocenters. The fraction of sp³-hybridized carbons (Fsp3) is 0.571. The summed E-state index contributed by atoms with van der Waals surface area (Å²) >= 11 is 5.94. The average Bonchev–Trinajstić information content (AvgIpc) is 2.48. The molecule has 21 heavy (non-hydrogen) atoms. The Morgan fingerprint density at radius 3 is 2.71 bits per heavy atom. The maximum Gasteiger partial charge on any atom is 0.244 e. The smallest absolute Gasteiger partial charge is 0.244 e. The Kier molecular flexibility index (Phi) is 5.24. The number of halogens is 2. The van der Waals surface area contributed by atoms with Gasteiger partial charge in [-0.15, -0.1) is 0 Å². The highest BCUT2D eigenvalue weighted by atomic mass is 35.5. The van der Waals surface area contributed by atoms with Crippen LogP contribution in [0.5, 0.6) is 0 Å². The average molecular weight is 335 g/mol. The van der Waals surface area contributed by atoms with Crippen LogP contribution in [0.3, 0.4) is 0 Å². The Morgan fingerprint density at radius 2 is 2.05 bits per heavy atom. The van der Waals surface area contributed by atoms with Crippen molar-refractivity contribution >= 4 is 21.6 Å². The standard InChI is InChI=1S/C14H20ClFN2O2S/c1-18(13-5-3-2-4-10(13)9-17)21(19,20)14-8-11(16)6-7-12(14)15/h6-8,10,13H,2-5,9,17H2,1H3. The van der Waals surface area contributed by atoms with E-state index in [-0.39, 0.29) is 21.9 Å². The van der Waals surface area contributed by atoms with Crippen molar-refractivity contribution in [3.8, 4) is 0 Å². The first-order valence-electron chi connectivity index (χ1n) is 7.01. The van der Waals surface area contributed by atoms with Crippen LogP contribution < -0.4 is 5.73 Å². The predicted molar refractivity (Wildman–Crippen MR) is 81.2 cm³/mol. The first-order valence-corrected chi connectivity index (χ1v) is 8.83. The number of nitrogens with zero attached hydrogens (tertiary/aromatic N) is 1. The third kappa shape index (κ3) is 3.39. The van der Waals surface area contributed by atoms with Crippen LogP contribution in [0.1, 0.15) is 25.7 Å². The van der Waals surface area contributed by atoms with Gasteiger partial charge in [-0.2, -0.15) is 4.31 Å². The SMILES string of the molecule is CN(C1CCCCC1CN)S(=O)(=O)c1cc(F)ccc1Cl. The summed E-state index contributed by atoms with van der Waals surface area (Å²) in [6, 6.07) is 3.21. The van der Waals surface area contributed by atoms with Gasteiger partial charge in [-0.05, 0) is 43.5 Å². The van der Waals surface area contributed by atoms with Gasteiger partial charge in [0.1, 0.15) is 10.7 Å². The molecule has 2 N–H and O–H groups in total. The lowest BCUT2D eigenvalue weighted by Crippen LogP contribution is -2.45. The molecule has 0 aliphatic heterocycles. The van der Waals surface area contributed by atoms with Crippen molar-refractivity contribution in [1.82, 2.24) is 4.31 Å². The lowest BCUT2D eigenvalue weighted by atomic mass is 9.85. The molecule has 1 aliphatic rings. The number of sulfonamides is 1. The van der Waals surface area contributed by atoms with E-state index in [1.54, 1.807) is 0 Å². The Bertz CT molecular complexity index is 609. The highest BCUT2D eigenvalue weighted by Crippen LogP contribution is 2.32. The second kappa shape index (κ2) is 6.60. The summed E-state index contributed by atoms with van der Waals surface area (Å²) in [7, 11) is -2.31. The monoisotopic (exact) mass is 334 g/mol. The third-order valence-electron chi connectivity index (χ3n) is 4.19. The molecule has 0 spiro atoms. The van der Waals surface area contributed by atoms with Gasteiger partial charge in [0.15, 0.2) is 0 Å². The molecule has 0 radical (unpaired) electrons. The van der Waals surface area contributed by atoms with Crippen molar-refractivity contribution in [1.29, 1.82) is 0 Å². The minimum Gasteiger partial charge on any atom is -0.330 e. The van der Waals surface area contributed by atoms with E-state index >= 15 is 0 Å². The molecular formula is C14H20ClFN2O2S. The van der Waals surface area contributed by atoms with E-state index in [9.17, 15) is 12.8 Å². The molecule has 7 heteroatoms. The summed E-state index contributed by atoms with van der Waals surface area (Å²) < 4.78 is 40.1. The summed E-state index contributed by atoms with van der Waals surface area (Å²) in [4.78, 5) is -0.187. The van der Waals surface area contributed by atoms with Crippen LogP contribution in [0.15, 0.2) is 23.1 Å². The van der Waals surface area contributed by atoms with Crippen molar-refractivity contribution in [2.45, 2.75) is 36.6 Å². The maximum atomic E-state index is 13.4. The zero-order valence-corrected chi connectivity index (χ0v) is 13.5. The van der Waals surface area contributed by atoms with Gasteiger partial charge >= 0.3 is 0 Å². The molecule has 0 amide bonds. The van der Waals surface area contributed by atoms with Gasteiger partial charge in [-0.25, -0.2) is 12.8 Å². The van der Waals surface area contributed by atoms with Gasteiger partial charge in [0, 0.05) is 13.1 Å². The number of hydrogen-bond acceptors (Lipinski definition) is 3. The minimum absolute atomic E-state index is 0.0309. The molecule has 1 aromatic carbocycles. The van der Waals surface area contributed by atoms with Crippen molar-refractivity contribution in [3.05, 3.63) is 29.0 Å². The number of nitrogens with two attached hydrogens (primary N) is 1. The van der Waals surface area contributed by atoms with Gasteiger partial charge in [-0.3, -0.25) is 0 Å². The molecule has 0 bridgehead atoms. The molecule has 2 unspecified atom stereocenters. The fourth-order valence-electron chi connectivity index (χ4n) is 2.95. The lowest BCUT2D eigenvalue weighted by Gasteiger charge is -2.36. The summed E-state index contributed by atoms with van der Waals surface area (Å²) in [5, 5.41) is 0.0309. The minimum atomic E-state index is -3.83. The van der Waals surface area contributed by atoms with E-state index in [1.807, 2.05) is 0 Å². The Labute approximate surface area is 130 Å². The Balaban J connectivity index is 2.36. The van der Waals surface area contributed by atoms with Crippen LogP contribution >= 0.6 is 11.6 Å². The molecule has 1 saturated carbocycles. The number of rotatable bonds is 4. The van der Waals surface area contributed by atoms with Gasteiger partial charge in [0.25, 0.3) is 0 Å². The zero-order chi connectivity index (χ0) is 15.6. The van der Waals surface area contributed by atoms with Crippen LogP contribution in [0.2, 0.25) is 5.02 Å². The number of hydrogen-bond donors (Lipinski definition) is 1. The Hall–Kier alpha value is -0.690. The summed E-state index contributed by atoms with van der Waals surface area (Å²) in [5.74, 6) is -0.490. The zero-order valence-electron chi connectivity index (χ0n) is 11.9. The molecule has 0 aromatic heterocycles. The van der Waals surface area contributed by atoms with E-state index in [1.165, 1.54) is 17.4 Å². The molecule has 2 rings (SSSR count). The largest absolute Gasteiger partial charge is 0.330 e. The lowest BCUT2D eigenvalue weighted by molar-refractivity contribution is 0.204. The molecule has 0 heterocycles. The maximum absolute atomic E-state index is 13.4. The first-order chi connectivity index (χ1) is 9.87. The molecule has 4 nitrogen and oxygen atoms in total. The topological polar surface area (TPSA) is 63.4 Å². The highest BCUT2D eigenvalue weighted by molar-refractivity contribution is 7.89. The fourth-order valence-corrected chi connectivity index (χ4v) is 4.88. The quantitative estimate of drug-likeness (QED) is 0.920.